The molecule has 0 heterocycles. The van der Waals surface area contributed by atoms with Gasteiger partial charge < -0.3 is 4.74 Å². The van der Waals surface area contributed by atoms with Gasteiger partial charge in [0.05, 0.1) is 0 Å². The fourth-order valence-electron chi connectivity index (χ4n) is 0.603. The van der Waals surface area contributed by atoms with Crippen LogP contribution in [0, 0.1) is 17.3 Å². The molecule has 0 N–H and O–H groups in total. The van der Waals surface area contributed by atoms with E-state index in [0.29, 0.717) is 0 Å². The molecule has 0 saturated carbocycles. The van der Waals surface area contributed by atoms with Gasteiger partial charge in [-0.15, -0.1) is 0 Å². The van der Waals surface area contributed by atoms with Crippen molar-refractivity contribution in [1.82, 2.24) is 0 Å². The summed E-state index contributed by atoms with van der Waals surface area (Å²) in [6.45, 7) is 10.9. The summed E-state index contributed by atoms with van der Waals surface area (Å²) < 4.78 is 4.86. The SMILES string of the molecule is C=CC(C#CC(C)(C)C)OC(C)=O. The molecule has 0 saturated heterocycles. The number of carbonyl (C=O) groups is 1. The van der Waals surface area contributed by atoms with Crippen molar-refractivity contribution in [1.29, 1.82) is 0 Å². The van der Waals surface area contributed by atoms with Crippen LogP contribution >= 0.6 is 0 Å². The molecular formula is C11H16O2. The molecule has 0 aliphatic heterocycles. The van der Waals surface area contributed by atoms with Crippen LogP contribution in [-0.4, -0.2) is 12.1 Å². The molecule has 0 aromatic carbocycles. The van der Waals surface area contributed by atoms with E-state index in [-0.39, 0.29) is 11.4 Å². The van der Waals surface area contributed by atoms with Crippen LogP contribution in [0.2, 0.25) is 0 Å². The quantitative estimate of drug-likeness (QED) is 0.370. The van der Waals surface area contributed by atoms with E-state index in [1.165, 1.54) is 13.0 Å². The predicted molar refractivity (Wildman–Crippen MR) is 53.0 cm³/mol. The maximum absolute atomic E-state index is 10.6. The molecule has 0 rings (SSSR count). The lowest BCUT2D eigenvalue weighted by Gasteiger charge is -2.09. The number of carbonyl (C=O) groups excluding carboxylic acids is 1. The van der Waals surface area contributed by atoms with Crippen molar-refractivity contribution in [3.8, 4) is 11.8 Å². The van der Waals surface area contributed by atoms with Crippen molar-refractivity contribution in [2.75, 3.05) is 0 Å². The van der Waals surface area contributed by atoms with Gasteiger partial charge in [-0.25, -0.2) is 0 Å². The molecule has 1 atom stereocenters. The normalized spacial score (nSPS) is 12.3. The molecule has 0 spiro atoms. The van der Waals surface area contributed by atoms with Gasteiger partial charge in [-0.2, -0.15) is 0 Å². The molecule has 0 fully saturated rings. The third-order valence-electron chi connectivity index (χ3n) is 1.10. The predicted octanol–water partition coefficient (Wildman–Crippen LogP) is 2.15. The Kier molecular flexibility index (Phi) is 4.27. The average molecular weight is 180 g/mol. The molecule has 0 amide bonds. The first-order valence-electron chi connectivity index (χ1n) is 4.17. The zero-order valence-corrected chi connectivity index (χ0v) is 8.68. The number of ether oxygens (including phenoxy) is 1. The second kappa shape index (κ2) is 4.71. The van der Waals surface area contributed by atoms with E-state index in [0.717, 1.165) is 0 Å². The highest BCUT2D eigenvalue weighted by molar-refractivity contribution is 5.66. The fraction of sp³-hybridized carbons (Fsp3) is 0.545. The van der Waals surface area contributed by atoms with Crippen molar-refractivity contribution in [2.24, 2.45) is 5.41 Å². The van der Waals surface area contributed by atoms with Crippen LogP contribution in [0.1, 0.15) is 27.7 Å². The molecule has 72 valence electrons. The molecule has 0 radical (unpaired) electrons. The molecule has 2 heteroatoms. The molecular weight excluding hydrogens is 164 g/mol. The van der Waals surface area contributed by atoms with Gasteiger partial charge in [0, 0.05) is 12.3 Å². The van der Waals surface area contributed by atoms with Crippen LogP contribution in [-0.2, 0) is 9.53 Å². The van der Waals surface area contributed by atoms with E-state index < -0.39 is 6.10 Å². The van der Waals surface area contributed by atoms with E-state index >= 15 is 0 Å². The third-order valence-corrected chi connectivity index (χ3v) is 1.10. The summed E-state index contributed by atoms with van der Waals surface area (Å²) in [5, 5.41) is 0. The highest BCUT2D eigenvalue weighted by Crippen LogP contribution is 2.10. The van der Waals surface area contributed by atoms with Gasteiger partial charge in [0.2, 0.25) is 0 Å². The first-order valence-corrected chi connectivity index (χ1v) is 4.17. The monoisotopic (exact) mass is 180 g/mol. The Balaban J connectivity index is 4.34. The van der Waals surface area contributed by atoms with Crippen molar-refractivity contribution in [3.05, 3.63) is 12.7 Å². The van der Waals surface area contributed by atoms with Gasteiger partial charge in [-0.05, 0) is 26.8 Å². The van der Waals surface area contributed by atoms with Crippen molar-refractivity contribution in [3.63, 3.8) is 0 Å². The van der Waals surface area contributed by atoms with E-state index in [9.17, 15) is 4.79 Å². The summed E-state index contributed by atoms with van der Waals surface area (Å²) in [5.74, 6) is 5.47. The summed E-state index contributed by atoms with van der Waals surface area (Å²) >= 11 is 0. The Morgan fingerprint density at radius 3 is 2.38 bits per heavy atom. The summed E-state index contributed by atoms with van der Waals surface area (Å²) in [5.41, 5.74) is -0.0819. The first kappa shape index (κ1) is 11.8. The smallest absolute Gasteiger partial charge is 0.304 e. The maximum atomic E-state index is 10.6. The summed E-state index contributed by atoms with van der Waals surface area (Å²) in [6, 6.07) is 0. The lowest BCUT2D eigenvalue weighted by atomic mass is 9.98. The standard InChI is InChI=1S/C11H16O2/c1-6-10(13-9(2)12)7-8-11(3,4)5/h6,10H,1H2,2-5H3. The molecule has 13 heavy (non-hydrogen) atoms. The van der Waals surface area contributed by atoms with Crippen LogP contribution in [0.4, 0.5) is 0 Å². The summed E-state index contributed by atoms with van der Waals surface area (Å²) in [7, 11) is 0. The molecule has 2 nitrogen and oxygen atoms in total. The van der Waals surface area contributed by atoms with Crippen molar-refractivity contribution < 1.29 is 9.53 Å². The molecule has 0 bridgehead atoms. The molecule has 0 aliphatic carbocycles. The lowest BCUT2D eigenvalue weighted by Crippen LogP contribution is -2.12. The van der Waals surface area contributed by atoms with Gasteiger partial charge in [-0.1, -0.05) is 18.4 Å². The molecule has 0 aromatic heterocycles. The van der Waals surface area contributed by atoms with Crippen LogP contribution in [0.25, 0.3) is 0 Å². The molecule has 0 aromatic rings. The largest absolute Gasteiger partial charge is 0.445 e. The van der Waals surface area contributed by atoms with Crippen LogP contribution in [0.5, 0.6) is 0 Å². The highest BCUT2D eigenvalue weighted by atomic mass is 16.5. The number of esters is 1. The van der Waals surface area contributed by atoms with E-state index in [1.54, 1.807) is 0 Å². The second-order valence-electron chi connectivity index (χ2n) is 3.79. The van der Waals surface area contributed by atoms with Crippen LogP contribution in [0.3, 0.4) is 0 Å². The van der Waals surface area contributed by atoms with Crippen LogP contribution < -0.4 is 0 Å². The Morgan fingerprint density at radius 1 is 1.54 bits per heavy atom. The Hall–Kier alpha value is -1.23. The van der Waals surface area contributed by atoms with Crippen molar-refractivity contribution >= 4 is 5.97 Å². The minimum Gasteiger partial charge on any atom is -0.445 e. The Bertz CT molecular complexity index is 247. The zero-order valence-electron chi connectivity index (χ0n) is 8.68. The van der Waals surface area contributed by atoms with Crippen molar-refractivity contribution in [2.45, 2.75) is 33.8 Å². The maximum Gasteiger partial charge on any atom is 0.304 e. The van der Waals surface area contributed by atoms with Gasteiger partial charge in [0.25, 0.3) is 0 Å². The molecule has 0 aliphatic rings. The van der Waals surface area contributed by atoms with E-state index in [4.69, 9.17) is 4.74 Å². The minimum atomic E-state index is -0.489. The summed E-state index contributed by atoms with van der Waals surface area (Å²) in [6.07, 6.45) is 1.02. The lowest BCUT2D eigenvalue weighted by molar-refractivity contribution is -0.142. The minimum absolute atomic E-state index is 0.0819. The van der Waals surface area contributed by atoms with Crippen LogP contribution in [0.15, 0.2) is 12.7 Å². The number of rotatable bonds is 2. The number of hydrogen-bond donors (Lipinski definition) is 0. The zero-order chi connectivity index (χ0) is 10.5. The van der Waals surface area contributed by atoms with Gasteiger partial charge in [0.1, 0.15) is 0 Å². The Labute approximate surface area is 80.0 Å². The second-order valence-corrected chi connectivity index (χ2v) is 3.79. The topological polar surface area (TPSA) is 26.3 Å². The third kappa shape index (κ3) is 7.14. The fourth-order valence-corrected chi connectivity index (χ4v) is 0.603. The van der Waals surface area contributed by atoms with E-state index in [2.05, 4.69) is 18.4 Å². The highest BCUT2D eigenvalue weighted by Gasteiger charge is 2.06. The molecule has 1 unspecified atom stereocenters. The first-order chi connectivity index (χ1) is 5.85. The van der Waals surface area contributed by atoms with Gasteiger partial charge in [-0.3, -0.25) is 4.79 Å². The average Bonchev–Trinajstić information content (AvgIpc) is 1.95. The summed E-state index contributed by atoms with van der Waals surface area (Å²) in [4.78, 5) is 10.6. The Morgan fingerprint density at radius 2 is 2.08 bits per heavy atom. The van der Waals surface area contributed by atoms with Gasteiger partial charge in [0.15, 0.2) is 6.10 Å². The van der Waals surface area contributed by atoms with Gasteiger partial charge >= 0.3 is 5.97 Å². The number of hydrogen-bond acceptors (Lipinski definition) is 2. The van der Waals surface area contributed by atoms with E-state index in [1.807, 2.05) is 20.8 Å².